The zero-order valence-corrected chi connectivity index (χ0v) is 11.2. The molecule has 0 radical (unpaired) electrons. The molecular weight excluding hydrogens is 319 g/mol. The van der Waals surface area contributed by atoms with Crippen molar-refractivity contribution in [3.63, 3.8) is 0 Å². The lowest BCUT2D eigenvalue weighted by Gasteiger charge is -1.79. The van der Waals surface area contributed by atoms with Crippen molar-refractivity contribution >= 4 is 60.2 Å². The minimum Gasteiger partial charge on any atom is -0.138 e. The Kier molecular flexibility index (Phi) is 65.3. The van der Waals surface area contributed by atoms with Crippen LogP contribution in [-0.4, -0.2) is 6.16 Å². The van der Waals surface area contributed by atoms with E-state index in [1.165, 1.54) is 19.0 Å². The van der Waals surface area contributed by atoms with Gasteiger partial charge in [-0.2, -0.15) is 0 Å². The molecule has 0 heterocycles. The molecule has 0 rings (SSSR count). The van der Waals surface area contributed by atoms with Gasteiger partial charge < -0.3 is 0 Å². The number of halogens is 3. The van der Waals surface area contributed by atoms with Gasteiger partial charge in [0.25, 0.3) is 0 Å². The van der Waals surface area contributed by atoms with Gasteiger partial charge in [0, 0.05) is 0 Å². The minimum absolute atomic E-state index is 0. The summed E-state index contributed by atoms with van der Waals surface area (Å²) in [5.41, 5.74) is 0. The van der Waals surface area contributed by atoms with Crippen LogP contribution in [0.2, 0.25) is 0 Å². The molecule has 1 unspecified atom stereocenters. The first kappa shape index (κ1) is 22.5. The van der Waals surface area contributed by atoms with Crippen LogP contribution in [0.3, 0.4) is 0 Å². The van der Waals surface area contributed by atoms with Gasteiger partial charge in [-0.1, -0.05) is 19.8 Å². The Balaban J connectivity index is -0.0000000267. The molecule has 0 aliphatic carbocycles. The molecule has 56 valence electrons. The highest BCUT2D eigenvalue weighted by Gasteiger charge is 1.68. The Morgan fingerprint density at radius 3 is 1.50 bits per heavy atom. The van der Waals surface area contributed by atoms with Gasteiger partial charge in [-0.25, -0.2) is 0 Å². The molecule has 0 saturated carbocycles. The molecule has 0 bridgehead atoms. The van der Waals surface area contributed by atoms with E-state index in [1.54, 1.807) is 0 Å². The third kappa shape index (κ3) is 24.8. The van der Waals surface area contributed by atoms with Gasteiger partial charge in [-0.3, -0.25) is 0 Å². The molecule has 0 spiro atoms. The average molecular weight is 333 g/mol. The van der Waals surface area contributed by atoms with E-state index in [1.807, 2.05) is 0 Å². The molecule has 4 heteroatoms. The van der Waals surface area contributed by atoms with Crippen molar-refractivity contribution in [2.75, 3.05) is 6.16 Å². The van der Waals surface area contributed by atoms with Gasteiger partial charge in [0.05, 0.1) is 0 Å². The lowest BCUT2D eigenvalue weighted by Crippen LogP contribution is -1.64. The van der Waals surface area contributed by atoms with Crippen LogP contribution in [-0.2, 0) is 0 Å². The van der Waals surface area contributed by atoms with Gasteiger partial charge >= 0.3 is 0 Å². The molecule has 0 N–H and O–H groups in total. The summed E-state index contributed by atoms with van der Waals surface area (Å²) in [4.78, 5) is 0. The van der Waals surface area contributed by atoms with Crippen molar-refractivity contribution in [1.29, 1.82) is 0 Å². The Morgan fingerprint density at radius 2 is 1.50 bits per heavy atom. The maximum atomic E-state index is 2.70. The van der Waals surface area contributed by atoms with Gasteiger partial charge in [0.1, 0.15) is 0 Å². The van der Waals surface area contributed by atoms with Gasteiger partial charge in [-0.15, -0.1) is 60.2 Å². The minimum atomic E-state index is 0. The van der Waals surface area contributed by atoms with Crippen molar-refractivity contribution in [3.05, 3.63) is 0 Å². The van der Waals surface area contributed by atoms with Crippen LogP contribution in [0.1, 0.15) is 19.8 Å². The monoisotopic (exact) mass is 330 g/mol. The van der Waals surface area contributed by atoms with Crippen LogP contribution in [0.15, 0.2) is 0 Å². The second kappa shape index (κ2) is 23.2. The Bertz CT molecular complexity index is 18.8. The molecule has 1 atom stereocenters. The Morgan fingerprint density at radius 1 is 1.12 bits per heavy atom. The maximum absolute atomic E-state index is 2.70. The van der Waals surface area contributed by atoms with Crippen molar-refractivity contribution in [1.82, 2.24) is 0 Å². The molecule has 0 aromatic rings. The SMILES string of the molecule is Br.Br.Br.CCCCP. The van der Waals surface area contributed by atoms with E-state index >= 15 is 0 Å². The zero-order chi connectivity index (χ0) is 4.12. The summed E-state index contributed by atoms with van der Waals surface area (Å²) in [5, 5.41) is 0. The van der Waals surface area contributed by atoms with E-state index in [9.17, 15) is 0 Å². The summed E-state index contributed by atoms with van der Waals surface area (Å²) in [6, 6.07) is 0. The maximum Gasteiger partial charge on any atom is -0.0381 e. The summed E-state index contributed by atoms with van der Waals surface area (Å²) < 4.78 is 0. The smallest absolute Gasteiger partial charge is 0.0381 e. The van der Waals surface area contributed by atoms with Gasteiger partial charge in [0.15, 0.2) is 0 Å². The highest BCUT2D eigenvalue weighted by atomic mass is 79.9. The summed E-state index contributed by atoms with van der Waals surface area (Å²) in [6.45, 7) is 2.20. The van der Waals surface area contributed by atoms with Gasteiger partial charge in [0.2, 0.25) is 0 Å². The number of unbranched alkanes of at least 4 members (excludes halogenated alkanes) is 1. The lowest BCUT2D eigenvalue weighted by molar-refractivity contribution is 0.897. The fourth-order valence-corrected chi connectivity index (χ4v) is 0.612. The molecule has 0 aromatic carbocycles. The van der Waals surface area contributed by atoms with Crippen LogP contribution < -0.4 is 0 Å². The summed E-state index contributed by atoms with van der Waals surface area (Å²) >= 11 is 0. The topological polar surface area (TPSA) is 0 Å². The van der Waals surface area contributed by atoms with E-state index in [0.717, 1.165) is 0 Å². The van der Waals surface area contributed by atoms with Crippen LogP contribution >= 0.6 is 60.2 Å². The second-order valence-corrected chi connectivity index (χ2v) is 1.72. The second-order valence-electron chi connectivity index (χ2n) is 1.14. The van der Waals surface area contributed by atoms with E-state index in [0.29, 0.717) is 0 Å². The normalized spacial score (nSPS) is 5.25. The average Bonchev–Trinajstić information content (AvgIpc) is 1.41. The molecule has 0 aromatic heterocycles. The molecule has 8 heavy (non-hydrogen) atoms. The molecule has 0 aliphatic heterocycles. The molecule has 0 nitrogen and oxygen atoms in total. The first-order valence-corrected chi connectivity index (χ1v) is 2.93. The van der Waals surface area contributed by atoms with Crippen molar-refractivity contribution in [3.8, 4) is 0 Å². The van der Waals surface area contributed by atoms with Crippen molar-refractivity contribution in [2.45, 2.75) is 19.8 Å². The van der Waals surface area contributed by atoms with Gasteiger partial charge in [-0.05, 0) is 6.16 Å². The fourth-order valence-electron chi connectivity index (χ4n) is 0.204. The third-order valence-electron chi connectivity index (χ3n) is 0.558. The van der Waals surface area contributed by atoms with E-state index in [4.69, 9.17) is 0 Å². The summed E-state index contributed by atoms with van der Waals surface area (Å²) in [5.74, 6) is 0. The fraction of sp³-hybridized carbons (Fsp3) is 1.00. The highest BCUT2D eigenvalue weighted by Crippen LogP contribution is 1.89. The van der Waals surface area contributed by atoms with Crippen molar-refractivity contribution < 1.29 is 0 Å². The predicted molar refractivity (Wildman–Crippen MR) is 60.5 cm³/mol. The van der Waals surface area contributed by atoms with Crippen LogP contribution in [0.25, 0.3) is 0 Å². The van der Waals surface area contributed by atoms with Crippen molar-refractivity contribution in [2.24, 2.45) is 0 Å². The molecular formula is C4H14Br3P. The van der Waals surface area contributed by atoms with Crippen LogP contribution in [0.4, 0.5) is 0 Å². The molecule has 0 amide bonds. The standard InChI is InChI=1S/C4H11P.3BrH/c1-2-3-4-5;;;/h2-5H2,1H3;3*1H. The number of hydrogen-bond acceptors (Lipinski definition) is 0. The third-order valence-corrected chi connectivity index (χ3v) is 0.966. The Labute approximate surface area is 85.7 Å². The number of rotatable bonds is 2. The number of hydrogen-bond donors (Lipinski definition) is 0. The van der Waals surface area contributed by atoms with E-state index < -0.39 is 0 Å². The molecule has 0 fully saturated rings. The molecule has 0 aliphatic rings. The van der Waals surface area contributed by atoms with E-state index in [2.05, 4.69) is 16.2 Å². The first-order valence-electron chi connectivity index (χ1n) is 2.12. The highest BCUT2D eigenvalue weighted by molar-refractivity contribution is 8.93. The quantitative estimate of drug-likeness (QED) is 0.680. The molecule has 0 saturated heterocycles. The largest absolute Gasteiger partial charge is 0.138 e. The van der Waals surface area contributed by atoms with Crippen LogP contribution in [0.5, 0.6) is 0 Å². The van der Waals surface area contributed by atoms with E-state index in [-0.39, 0.29) is 50.9 Å². The first-order chi connectivity index (χ1) is 2.41. The predicted octanol–water partition coefficient (Wildman–Crippen LogP) is 3.40. The van der Waals surface area contributed by atoms with Crippen LogP contribution in [0, 0.1) is 0 Å². The lowest BCUT2D eigenvalue weighted by atomic mass is 10.4. The Hall–Kier alpha value is 1.87. The zero-order valence-electron chi connectivity index (χ0n) is 4.92. The summed E-state index contributed by atoms with van der Waals surface area (Å²) in [6.07, 6.45) is 3.94. The summed E-state index contributed by atoms with van der Waals surface area (Å²) in [7, 11) is 2.70.